The molecule has 1 heterocycles. The molecule has 2 bridgehead atoms. The fourth-order valence-corrected chi connectivity index (χ4v) is 7.48. The Kier molecular flexibility index (Phi) is 2.67. The predicted molar refractivity (Wildman–Crippen MR) is 82.0 cm³/mol. The van der Waals surface area contributed by atoms with Gasteiger partial charge in [-0.1, -0.05) is 18.9 Å². The summed E-state index contributed by atoms with van der Waals surface area (Å²) in [6.45, 7) is 0. The van der Waals surface area contributed by atoms with E-state index < -0.39 is 0 Å². The molecule has 4 rings (SSSR count). The van der Waals surface area contributed by atoms with E-state index in [9.17, 15) is 5.11 Å². The average molecular weight is 275 g/mol. The molecule has 1 saturated carbocycles. The highest BCUT2D eigenvalue weighted by molar-refractivity contribution is 7.96. The molecule has 0 spiro atoms. The Bertz CT molecular complexity index is 512. The van der Waals surface area contributed by atoms with Gasteiger partial charge in [0, 0.05) is 24.2 Å². The number of phenols is 1. The van der Waals surface area contributed by atoms with E-state index in [1.165, 1.54) is 49.8 Å². The second-order valence-electron chi connectivity index (χ2n) is 6.74. The third-order valence-corrected chi connectivity index (χ3v) is 8.36. The number of hydrogen-bond donors (Lipinski definition) is 1. The van der Waals surface area contributed by atoms with Crippen LogP contribution in [0.3, 0.4) is 0 Å². The van der Waals surface area contributed by atoms with E-state index in [0.29, 0.717) is 22.1 Å². The molecule has 1 N–H and O–H groups in total. The molecule has 1 unspecified atom stereocenters. The van der Waals surface area contributed by atoms with Crippen molar-refractivity contribution in [1.29, 1.82) is 0 Å². The first-order valence-electron chi connectivity index (χ1n) is 7.64. The first-order valence-corrected chi connectivity index (χ1v) is 9.51. The number of fused-ring (bicyclic) bond motifs is 1. The summed E-state index contributed by atoms with van der Waals surface area (Å²) in [5.41, 5.74) is 3.49. The van der Waals surface area contributed by atoms with E-state index in [2.05, 4.69) is 18.4 Å². The van der Waals surface area contributed by atoms with Crippen LogP contribution >= 0.6 is 0 Å². The van der Waals surface area contributed by atoms with Crippen LogP contribution in [0.25, 0.3) is 0 Å². The van der Waals surface area contributed by atoms with Gasteiger partial charge in [0.25, 0.3) is 0 Å². The minimum absolute atomic E-state index is 0.425. The number of phenolic OH excluding ortho intramolecular Hbond substituents is 1. The van der Waals surface area contributed by atoms with Crippen LogP contribution < -0.4 is 0 Å². The van der Waals surface area contributed by atoms with Crippen LogP contribution in [0, 0.1) is 5.92 Å². The van der Waals surface area contributed by atoms with E-state index in [4.69, 9.17) is 0 Å². The maximum Gasteiger partial charge on any atom is 0.125 e. The number of aromatic hydroxyl groups is 1. The quantitative estimate of drug-likeness (QED) is 0.720. The monoisotopic (exact) mass is 275 g/mol. The standard InChI is InChI=1S/C17H22OS/c1-19-9-8-17-7-3-2-4-14(17)16(19)10-12-5-6-13(18)11-15(12)17/h5-6,11,14,16H,2-4,7-10H2,1H3/p+1/t14-,16-,17-,19?/m0/s1. The van der Waals surface area contributed by atoms with Gasteiger partial charge in [0.1, 0.15) is 16.8 Å². The molecule has 0 amide bonds. The first-order chi connectivity index (χ1) is 9.21. The maximum atomic E-state index is 9.93. The normalized spacial score (nSPS) is 40.4. The molecule has 2 heteroatoms. The van der Waals surface area contributed by atoms with E-state index in [1.54, 1.807) is 5.56 Å². The summed E-state index contributed by atoms with van der Waals surface area (Å²) in [7, 11) is 0.604. The van der Waals surface area contributed by atoms with Crippen molar-refractivity contribution in [3.63, 3.8) is 0 Å². The zero-order valence-electron chi connectivity index (χ0n) is 11.7. The molecule has 0 aromatic heterocycles. The van der Waals surface area contributed by atoms with Crippen molar-refractivity contribution in [3.05, 3.63) is 29.3 Å². The lowest BCUT2D eigenvalue weighted by atomic mass is 9.55. The van der Waals surface area contributed by atoms with Crippen LogP contribution in [0.15, 0.2) is 18.2 Å². The summed E-state index contributed by atoms with van der Waals surface area (Å²) >= 11 is 0. The van der Waals surface area contributed by atoms with Gasteiger partial charge in [-0.25, -0.2) is 0 Å². The van der Waals surface area contributed by atoms with Gasteiger partial charge in [0.2, 0.25) is 0 Å². The molecular formula is C17H23OS+. The first kappa shape index (κ1) is 12.1. The van der Waals surface area contributed by atoms with E-state index in [1.807, 2.05) is 6.07 Å². The van der Waals surface area contributed by atoms with Crippen molar-refractivity contribution in [3.8, 4) is 5.75 Å². The third kappa shape index (κ3) is 1.62. The van der Waals surface area contributed by atoms with Gasteiger partial charge >= 0.3 is 0 Å². The molecular weight excluding hydrogens is 252 g/mol. The molecule has 0 radical (unpaired) electrons. The van der Waals surface area contributed by atoms with E-state index >= 15 is 0 Å². The summed E-state index contributed by atoms with van der Waals surface area (Å²) in [5, 5.41) is 10.8. The highest BCUT2D eigenvalue weighted by Gasteiger charge is 2.57. The van der Waals surface area contributed by atoms with Gasteiger partial charge in [0.05, 0.1) is 6.26 Å². The molecule has 102 valence electrons. The molecule has 1 aromatic carbocycles. The molecule has 2 aliphatic carbocycles. The molecule has 1 nitrogen and oxygen atoms in total. The Morgan fingerprint density at radius 3 is 3.05 bits per heavy atom. The fraction of sp³-hybridized carbons (Fsp3) is 0.647. The van der Waals surface area contributed by atoms with Crippen LogP contribution in [0.2, 0.25) is 0 Å². The molecule has 2 fully saturated rings. The summed E-state index contributed by atoms with van der Waals surface area (Å²) in [4.78, 5) is 0. The minimum atomic E-state index is 0.425. The van der Waals surface area contributed by atoms with Crippen molar-refractivity contribution in [2.45, 2.75) is 49.2 Å². The maximum absolute atomic E-state index is 9.93. The number of benzene rings is 1. The van der Waals surface area contributed by atoms with Gasteiger partial charge in [-0.15, -0.1) is 0 Å². The number of hydrogen-bond acceptors (Lipinski definition) is 1. The zero-order valence-corrected chi connectivity index (χ0v) is 12.5. The van der Waals surface area contributed by atoms with E-state index in [-0.39, 0.29) is 0 Å². The summed E-state index contributed by atoms with van der Waals surface area (Å²) in [6.07, 6.45) is 10.7. The van der Waals surface area contributed by atoms with Gasteiger partial charge in [-0.2, -0.15) is 0 Å². The Hall–Kier alpha value is -0.630. The van der Waals surface area contributed by atoms with Crippen molar-refractivity contribution in [1.82, 2.24) is 0 Å². The summed E-state index contributed by atoms with van der Waals surface area (Å²) < 4.78 is 0. The Balaban J connectivity index is 1.90. The van der Waals surface area contributed by atoms with Crippen LogP contribution in [-0.4, -0.2) is 22.4 Å². The van der Waals surface area contributed by atoms with Gasteiger partial charge in [-0.3, -0.25) is 0 Å². The second kappa shape index (κ2) is 4.18. The van der Waals surface area contributed by atoms with Crippen LogP contribution in [0.1, 0.15) is 43.2 Å². The Morgan fingerprint density at radius 1 is 1.26 bits per heavy atom. The van der Waals surface area contributed by atoms with Crippen LogP contribution in [0.5, 0.6) is 5.75 Å². The number of rotatable bonds is 0. The second-order valence-corrected chi connectivity index (χ2v) is 9.13. The molecule has 1 saturated heterocycles. The van der Waals surface area contributed by atoms with Crippen molar-refractivity contribution in [2.24, 2.45) is 5.92 Å². The molecule has 3 aliphatic rings. The zero-order chi connectivity index (χ0) is 13.0. The smallest absolute Gasteiger partial charge is 0.125 e. The van der Waals surface area contributed by atoms with E-state index in [0.717, 1.165) is 11.2 Å². The molecule has 19 heavy (non-hydrogen) atoms. The molecule has 1 aromatic rings. The molecule has 1 aliphatic heterocycles. The van der Waals surface area contributed by atoms with Crippen LogP contribution in [-0.2, 0) is 22.7 Å². The topological polar surface area (TPSA) is 20.2 Å². The highest BCUT2D eigenvalue weighted by Crippen LogP contribution is 2.56. The Labute approximate surface area is 118 Å². The summed E-state index contributed by atoms with van der Waals surface area (Å²) in [5.74, 6) is 2.78. The lowest BCUT2D eigenvalue weighted by Gasteiger charge is -2.53. The van der Waals surface area contributed by atoms with Gasteiger partial charge in [-0.05, 0) is 47.0 Å². The summed E-state index contributed by atoms with van der Waals surface area (Å²) in [6, 6.07) is 6.19. The lowest BCUT2D eigenvalue weighted by Crippen LogP contribution is -2.56. The Morgan fingerprint density at radius 2 is 2.16 bits per heavy atom. The van der Waals surface area contributed by atoms with Crippen LogP contribution in [0.4, 0.5) is 0 Å². The third-order valence-electron chi connectivity index (χ3n) is 5.98. The van der Waals surface area contributed by atoms with Crippen molar-refractivity contribution >= 4 is 10.9 Å². The SMILES string of the molecule is C[S+]1CC[C@@]23CCCC[C@H]2[C@@H]1Cc1ccc(O)cc13. The largest absolute Gasteiger partial charge is 0.508 e. The predicted octanol–water partition coefficient (Wildman–Crippen LogP) is 3.40. The van der Waals surface area contributed by atoms with Gasteiger partial charge < -0.3 is 5.11 Å². The van der Waals surface area contributed by atoms with Crippen molar-refractivity contribution in [2.75, 3.05) is 12.0 Å². The fourth-order valence-electron chi connectivity index (χ4n) is 5.07. The highest BCUT2D eigenvalue weighted by atomic mass is 32.2. The minimum Gasteiger partial charge on any atom is -0.508 e. The molecule has 4 atom stereocenters. The lowest BCUT2D eigenvalue weighted by molar-refractivity contribution is 0.151. The van der Waals surface area contributed by atoms with Gasteiger partial charge in [0.15, 0.2) is 0 Å². The average Bonchev–Trinajstić information content (AvgIpc) is 2.43. The van der Waals surface area contributed by atoms with Crippen molar-refractivity contribution < 1.29 is 5.11 Å².